The second kappa shape index (κ2) is 11.3. The predicted molar refractivity (Wildman–Crippen MR) is 101 cm³/mol. The van der Waals surface area contributed by atoms with Gasteiger partial charge in [-0.25, -0.2) is 0 Å². The number of hydrazone groups is 1. The molecule has 0 saturated heterocycles. The van der Waals surface area contributed by atoms with Crippen molar-refractivity contribution < 1.29 is 0 Å². The van der Waals surface area contributed by atoms with E-state index in [1.54, 1.807) is 0 Å². The number of hydrogen-bond acceptors (Lipinski definition) is 2. The smallest absolute Gasteiger partial charge is 0.0568 e. The molecule has 0 fully saturated rings. The maximum Gasteiger partial charge on any atom is 0.0568 e. The summed E-state index contributed by atoms with van der Waals surface area (Å²) in [7, 11) is 0. The third-order valence-corrected chi connectivity index (χ3v) is 2.83. The molecule has 0 amide bonds. The van der Waals surface area contributed by atoms with E-state index in [4.69, 9.17) is 0 Å². The Hall–Kier alpha value is -2.35. The molecule has 1 N–H and O–H groups in total. The van der Waals surface area contributed by atoms with E-state index >= 15 is 0 Å². The molecule has 0 atom stereocenters. The lowest BCUT2D eigenvalue weighted by Crippen LogP contribution is -2.03. The molecule has 0 radical (unpaired) electrons. The zero-order chi connectivity index (χ0) is 17.0. The highest BCUT2D eigenvalue weighted by molar-refractivity contribution is 5.79. The van der Waals surface area contributed by atoms with E-state index in [0.717, 1.165) is 16.8 Å². The van der Waals surface area contributed by atoms with Crippen molar-refractivity contribution in [1.82, 2.24) is 5.43 Å². The maximum atomic E-state index is 3.97. The molecule has 0 saturated carbocycles. The number of hydrogen-bond donors (Lipinski definition) is 1. The van der Waals surface area contributed by atoms with Crippen LogP contribution in [-0.4, -0.2) is 6.72 Å². The molecule has 0 heterocycles. The average molecular weight is 296 g/mol. The molecule has 0 unspecified atom stereocenters. The minimum atomic E-state index is 0.751. The molecule has 22 heavy (non-hydrogen) atoms. The Morgan fingerprint density at radius 1 is 0.909 bits per heavy atom. The molecule has 118 valence electrons. The van der Waals surface area contributed by atoms with Gasteiger partial charge in [0.05, 0.1) is 5.70 Å². The fraction of sp³-hybridized carbons (Fsp3) is 0.250. The molecule has 0 aliphatic carbocycles. The Balaban J connectivity index is 0.00000102. The molecule has 2 rings (SSSR count). The standard InChI is InChI=1S/C16H16N2.2C2H6/c1-12-8-10-14(11-9-12)16-7-5-4-6-15(16)13(2)18-17-3;2*1-2/h4-11,18H,2-3H2,1H3;2*1-2H3. The summed E-state index contributed by atoms with van der Waals surface area (Å²) in [6.07, 6.45) is 0. The van der Waals surface area contributed by atoms with Crippen LogP contribution < -0.4 is 5.43 Å². The van der Waals surface area contributed by atoms with Crippen molar-refractivity contribution >= 4 is 12.4 Å². The van der Waals surface area contributed by atoms with Crippen LogP contribution >= 0.6 is 0 Å². The summed E-state index contributed by atoms with van der Waals surface area (Å²) in [4.78, 5) is 0. The summed E-state index contributed by atoms with van der Waals surface area (Å²) in [5.74, 6) is 0. The van der Waals surface area contributed by atoms with Gasteiger partial charge in [-0.15, -0.1) is 0 Å². The average Bonchev–Trinajstić information content (AvgIpc) is 2.59. The molecule has 0 aliphatic heterocycles. The number of nitrogens with zero attached hydrogens (tertiary/aromatic N) is 1. The fourth-order valence-electron chi connectivity index (χ4n) is 1.89. The van der Waals surface area contributed by atoms with E-state index in [2.05, 4.69) is 61.1 Å². The van der Waals surface area contributed by atoms with E-state index in [9.17, 15) is 0 Å². The Kier molecular flexibility index (Phi) is 10.1. The number of nitrogens with one attached hydrogen (secondary N) is 1. The van der Waals surface area contributed by atoms with Crippen LogP contribution in [-0.2, 0) is 0 Å². The summed E-state index contributed by atoms with van der Waals surface area (Å²) in [5, 5.41) is 3.66. The van der Waals surface area contributed by atoms with Gasteiger partial charge in [0.25, 0.3) is 0 Å². The predicted octanol–water partition coefficient (Wildman–Crippen LogP) is 5.89. The van der Waals surface area contributed by atoms with Crippen LogP contribution in [0.3, 0.4) is 0 Å². The van der Waals surface area contributed by atoms with Gasteiger partial charge in [-0.2, -0.15) is 5.10 Å². The van der Waals surface area contributed by atoms with Crippen LogP contribution in [0.15, 0.2) is 60.2 Å². The van der Waals surface area contributed by atoms with Gasteiger partial charge in [-0.05, 0) is 18.1 Å². The summed E-state index contributed by atoms with van der Waals surface area (Å²) >= 11 is 0. The molecule has 2 aromatic rings. The molecule has 0 bridgehead atoms. The van der Waals surface area contributed by atoms with E-state index < -0.39 is 0 Å². The summed E-state index contributed by atoms with van der Waals surface area (Å²) in [6.45, 7) is 17.5. The normalized spacial score (nSPS) is 8.59. The van der Waals surface area contributed by atoms with Gasteiger partial charge in [0, 0.05) is 12.3 Å². The van der Waals surface area contributed by atoms with E-state index in [0.29, 0.717) is 0 Å². The van der Waals surface area contributed by atoms with Crippen LogP contribution in [0, 0.1) is 6.92 Å². The van der Waals surface area contributed by atoms with E-state index in [-0.39, 0.29) is 0 Å². The lowest BCUT2D eigenvalue weighted by molar-refractivity contribution is 1.01. The molecular formula is C20H28N2. The topological polar surface area (TPSA) is 24.4 Å². The third kappa shape index (κ3) is 5.57. The molecule has 0 aliphatic rings. The highest BCUT2D eigenvalue weighted by Crippen LogP contribution is 2.27. The first-order chi connectivity index (χ1) is 10.7. The van der Waals surface area contributed by atoms with Gasteiger partial charge in [-0.3, -0.25) is 5.43 Å². The highest BCUT2D eigenvalue weighted by atomic mass is 15.3. The molecule has 2 nitrogen and oxygen atoms in total. The molecular weight excluding hydrogens is 268 g/mol. The van der Waals surface area contributed by atoms with E-state index in [1.165, 1.54) is 11.1 Å². The maximum absolute atomic E-state index is 3.97. The number of aryl methyl sites for hydroxylation is 1. The van der Waals surface area contributed by atoms with Crippen LogP contribution in [0.2, 0.25) is 0 Å². The monoisotopic (exact) mass is 296 g/mol. The molecule has 2 heteroatoms. The Bertz CT molecular complexity index is 569. The van der Waals surface area contributed by atoms with Crippen LogP contribution in [0.25, 0.3) is 16.8 Å². The Morgan fingerprint density at radius 3 is 2.00 bits per heavy atom. The van der Waals surface area contributed by atoms with Gasteiger partial charge in [0.2, 0.25) is 0 Å². The first kappa shape index (κ1) is 19.7. The van der Waals surface area contributed by atoms with Crippen LogP contribution in [0.1, 0.15) is 38.8 Å². The molecule has 0 spiro atoms. The quantitative estimate of drug-likeness (QED) is 0.552. The summed E-state index contributed by atoms with van der Waals surface area (Å²) < 4.78 is 0. The SMILES string of the molecule is C=NNC(=C)c1ccccc1-c1ccc(C)cc1.CC.CC. The van der Waals surface area contributed by atoms with Crippen molar-refractivity contribution in [2.24, 2.45) is 5.10 Å². The van der Waals surface area contributed by atoms with Crippen molar-refractivity contribution in [2.45, 2.75) is 34.6 Å². The van der Waals surface area contributed by atoms with Gasteiger partial charge in [-0.1, -0.05) is 88.4 Å². The number of benzene rings is 2. The first-order valence-corrected chi connectivity index (χ1v) is 7.79. The third-order valence-electron chi connectivity index (χ3n) is 2.83. The van der Waals surface area contributed by atoms with Crippen molar-refractivity contribution in [2.75, 3.05) is 0 Å². The van der Waals surface area contributed by atoms with Gasteiger partial charge in [0.1, 0.15) is 0 Å². The van der Waals surface area contributed by atoms with Gasteiger partial charge < -0.3 is 0 Å². The van der Waals surface area contributed by atoms with Crippen molar-refractivity contribution in [3.63, 3.8) is 0 Å². The van der Waals surface area contributed by atoms with Gasteiger partial charge in [0.15, 0.2) is 0 Å². The second-order valence-corrected chi connectivity index (χ2v) is 4.16. The minimum Gasteiger partial charge on any atom is -0.279 e. The van der Waals surface area contributed by atoms with E-state index in [1.807, 2.05) is 45.9 Å². The van der Waals surface area contributed by atoms with Crippen LogP contribution in [0.5, 0.6) is 0 Å². The summed E-state index contributed by atoms with van der Waals surface area (Å²) in [5.41, 5.74) is 8.15. The molecule has 0 aromatic heterocycles. The zero-order valence-corrected chi connectivity index (χ0v) is 14.5. The zero-order valence-electron chi connectivity index (χ0n) is 14.5. The van der Waals surface area contributed by atoms with Crippen molar-refractivity contribution in [1.29, 1.82) is 0 Å². The number of rotatable bonds is 4. The van der Waals surface area contributed by atoms with Crippen molar-refractivity contribution in [3.8, 4) is 11.1 Å². The Labute approximate surface area is 135 Å². The lowest BCUT2D eigenvalue weighted by Gasteiger charge is -2.11. The second-order valence-electron chi connectivity index (χ2n) is 4.16. The lowest BCUT2D eigenvalue weighted by atomic mass is 9.97. The largest absolute Gasteiger partial charge is 0.279 e. The highest BCUT2D eigenvalue weighted by Gasteiger charge is 2.06. The van der Waals surface area contributed by atoms with Crippen molar-refractivity contribution in [3.05, 3.63) is 66.2 Å². The van der Waals surface area contributed by atoms with Gasteiger partial charge >= 0.3 is 0 Å². The molecule has 2 aromatic carbocycles. The first-order valence-electron chi connectivity index (χ1n) is 7.79. The summed E-state index contributed by atoms with van der Waals surface area (Å²) in [6, 6.07) is 16.6. The minimum absolute atomic E-state index is 0.751. The van der Waals surface area contributed by atoms with Crippen LogP contribution in [0.4, 0.5) is 0 Å². The Morgan fingerprint density at radius 2 is 1.45 bits per heavy atom. The fourth-order valence-corrected chi connectivity index (χ4v) is 1.89.